The van der Waals surface area contributed by atoms with Crippen molar-refractivity contribution in [2.75, 3.05) is 5.32 Å². The number of rotatable bonds is 5. The lowest BCUT2D eigenvalue weighted by molar-refractivity contribution is -0.115. The van der Waals surface area contributed by atoms with Gasteiger partial charge in [-0.05, 0) is 11.4 Å². The Morgan fingerprint density at radius 2 is 2.18 bits per heavy atom. The van der Waals surface area contributed by atoms with E-state index in [9.17, 15) is 4.79 Å². The van der Waals surface area contributed by atoms with Gasteiger partial charge in [0.25, 0.3) is 0 Å². The molecule has 22 heavy (non-hydrogen) atoms. The van der Waals surface area contributed by atoms with Crippen LogP contribution < -0.4 is 5.32 Å². The Hall–Kier alpha value is -1.64. The number of nitrogens with one attached hydrogen (secondary N) is 1. The molecule has 114 valence electrons. The second-order valence-corrected chi connectivity index (χ2v) is 7.63. The Morgan fingerprint density at radius 3 is 2.86 bits per heavy atom. The number of thiophene rings is 1. The Morgan fingerprint density at radius 1 is 1.32 bits per heavy atom. The summed E-state index contributed by atoms with van der Waals surface area (Å²) in [6.07, 6.45) is 0.247. The van der Waals surface area contributed by atoms with Gasteiger partial charge in [-0.1, -0.05) is 25.2 Å². The van der Waals surface area contributed by atoms with Gasteiger partial charge in [0.1, 0.15) is 10.0 Å². The van der Waals surface area contributed by atoms with E-state index in [1.165, 1.54) is 11.3 Å². The van der Waals surface area contributed by atoms with Crippen molar-refractivity contribution >= 4 is 45.0 Å². The van der Waals surface area contributed by atoms with Crippen LogP contribution >= 0.6 is 34.0 Å². The van der Waals surface area contributed by atoms with Gasteiger partial charge in [0, 0.05) is 22.2 Å². The van der Waals surface area contributed by atoms with Crippen LogP contribution in [-0.2, 0) is 11.2 Å². The molecule has 5 nitrogen and oxygen atoms in total. The van der Waals surface area contributed by atoms with Crippen molar-refractivity contribution in [3.05, 3.63) is 32.9 Å². The standard InChI is InChI=1S/C14H14N4OS3/c1-8(2)12-17-18-14(22-12)16-11(19)5-10-7-21-13(15-10)9-3-4-20-6-9/h3-4,6-8H,5H2,1-2H3,(H,16,18,19). The van der Waals surface area contributed by atoms with Gasteiger partial charge in [0.15, 0.2) is 0 Å². The molecule has 0 saturated heterocycles. The molecule has 3 rings (SSSR count). The highest BCUT2D eigenvalue weighted by Crippen LogP contribution is 2.26. The zero-order valence-electron chi connectivity index (χ0n) is 12.1. The van der Waals surface area contributed by atoms with Gasteiger partial charge in [-0.15, -0.1) is 21.5 Å². The highest BCUT2D eigenvalue weighted by atomic mass is 32.1. The summed E-state index contributed by atoms with van der Waals surface area (Å²) in [5.74, 6) is 0.198. The average Bonchev–Trinajstić information content (AvgIpc) is 3.18. The molecule has 0 fully saturated rings. The molecule has 0 radical (unpaired) electrons. The van der Waals surface area contributed by atoms with Gasteiger partial charge in [-0.3, -0.25) is 4.79 Å². The van der Waals surface area contributed by atoms with Crippen LogP contribution in [0, 0.1) is 0 Å². The first kappa shape index (κ1) is 15.3. The van der Waals surface area contributed by atoms with Crippen LogP contribution in [0.4, 0.5) is 5.13 Å². The van der Waals surface area contributed by atoms with Crippen LogP contribution in [0.3, 0.4) is 0 Å². The molecule has 0 atom stereocenters. The van der Waals surface area contributed by atoms with Crippen molar-refractivity contribution in [3.8, 4) is 10.6 Å². The Balaban J connectivity index is 1.62. The summed E-state index contributed by atoms with van der Waals surface area (Å²) in [6.45, 7) is 4.10. The summed E-state index contributed by atoms with van der Waals surface area (Å²) in [5.41, 5.74) is 1.88. The third-order valence-electron chi connectivity index (χ3n) is 2.84. The number of hydrogen-bond donors (Lipinski definition) is 1. The van der Waals surface area contributed by atoms with E-state index in [0.29, 0.717) is 11.0 Å². The molecule has 0 aliphatic heterocycles. The first-order valence-electron chi connectivity index (χ1n) is 6.72. The molecule has 1 N–H and O–H groups in total. The molecular formula is C14H14N4OS3. The van der Waals surface area contributed by atoms with Gasteiger partial charge >= 0.3 is 0 Å². The highest BCUT2D eigenvalue weighted by Gasteiger charge is 2.13. The summed E-state index contributed by atoms with van der Waals surface area (Å²) in [4.78, 5) is 16.6. The second kappa shape index (κ2) is 6.64. The lowest BCUT2D eigenvalue weighted by atomic mass is 10.2. The number of thiazole rings is 1. The fourth-order valence-corrected chi connectivity index (χ4v) is 4.05. The number of anilines is 1. The maximum absolute atomic E-state index is 12.1. The third-order valence-corrected chi connectivity index (χ3v) is 5.61. The second-order valence-electron chi connectivity index (χ2n) is 4.98. The van der Waals surface area contributed by atoms with Crippen molar-refractivity contribution in [2.24, 2.45) is 0 Å². The zero-order chi connectivity index (χ0) is 15.5. The summed E-state index contributed by atoms with van der Waals surface area (Å²) in [6, 6.07) is 2.03. The first-order chi connectivity index (χ1) is 10.6. The van der Waals surface area contributed by atoms with E-state index in [4.69, 9.17) is 0 Å². The van der Waals surface area contributed by atoms with E-state index in [0.717, 1.165) is 21.3 Å². The van der Waals surface area contributed by atoms with E-state index in [-0.39, 0.29) is 12.3 Å². The average molecular weight is 350 g/mol. The summed E-state index contributed by atoms with van der Waals surface area (Å²) < 4.78 is 0. The molecule has 0 unspecified atom stereocenters. The maximum atomic E-state index is 12.1. The van der Waals surface area contributed by atoms with Crippen LogP contribution in [-0.4, -0.2) is 21.1 Å². The summed E-state index contributed by atoms with van der Waals surface area (Å²) >= 11 is 4.60. The molecule has 3 aromatic rings. The Kier molecular flexibility index (Phi) is 4.60. The molecule has 3 heterocycles. The predicted molar refractivity (Wildman–Crippen MR) is 91.8 cm³/mol. The monoisotopic (exact) mass is 350 g/mol. The van der Waals surface area contributed by atoms with Crippen LogP contribution in [0.15, 0.2) is 22.2 Å². The van der Waals surface area contributed by atoms with Gasteiger partial charge in [0.2, 0.25) is 11.0 Å². The highest BCUT2D eigenvalue weighted by molar-refractivity contribution is 7.15. The van der Waals surface area contributed by atoms with Crippen molar-refractivity contribution in [2.45, 2.75) is 26.2 Å². The first-order valence-corrected chi connectivity index (χ1v) is 9.36. The van der Waals surface area contributed by atoms with Crippen molar-refractivity contribution in [1.82, 2.24) is 15.2 Å². The van der Waals surface area contributed by atoms with Crippen LogP contribution in [0.5, 0.6) is 0 Å². The molecule has 0 bridgehead atoms. The number of nitrogens with zero attached hydrogens (tertiary/aromatic N) is 3. The number of carbonyl (C=O) groups is 1. The zero-order valence-corrected chi connectivity index (χ0v) is 14.5. The van der Waals surface area contributed by atoms with E-state index < -0.39 is 0 Å². The third kappa shape index (κ3) is 3.57. The topological polar surface area (TPSA) is 67.8 Å². The molecular weight excluding hydrogens is 336 g/mol. The van der Waals surface area contributed by atoms with Gasteiger partial charge in [-0.25, -0.2) is 4.98 Å². The predicted octanol–water partition coefficient (Wildman–Crippen LogP) is 4.03. The van der Waals surface area contributed by atoms with Crippen LogP contribution in [0.25, 0.3) is 10.6 Å². The molecule has 0 aliphatic rings. The number of amides is 1. The van der Waals surface area contributed by atoms with Gasteiger partial charge in [0.05, 0.1) is 12.1 Å². The molecule has 8 heteroatoms. The van der Waals surface area contributed by atoms with Crippen LogP contribution in [0.2, 0.25) is 0 Å². The molecule has 0 saturated carbocycles. The number of carbonyl (C=O) groups excluding carboxylic acids is 1. The van der Waals surface area contributed by atoms with Gasteiger partial charge < -0.3 is 5.32 Å². The van der Waals surface area contributed by atoms with Crippen molar-refractivity contribution < 1.29 is 4.79 Å². The normalized spacial score (nSPS) is 11.0. The Bertz CT molecular complexity index is 761. The minimum absolute atomic E-state index is 0.117. The van der Waals surface area contributed by atoms with Crippen LogP contribution in [0.1, 0.15) is 30.5 Å². The number of hydrogen-bond acceptors (Lipinski definition) is 7. The number of aromatic nitrogens is 3. The minimum atomic E-state index is -0.117. The molecule has 1 amide bonds. The summed E-state index contributed by atoms with van der Waals surface area (Å²) in [5, 5.41) is 19.2. The smallest absolute Gasteiger partial charge is 0.232 e. The molecule has 3 aromatic heterocycles. The fourth-order valence-electron chi connectivity index (χ4n) is 1.75. The summed E-state index contributed by atoms with van der Waals surface area (Å²) in [7, 11) is 0. The van der Waals surface area contributed by atoms with Crippen molar-refractivity contribution in [3.63, 3.8) is 0 Å². The van der Waals surface area contributed by atoms with E-state index in [1.807, 2.05) is 30.7 Å². The van der Waals surface area contributed by atoms with Crippen molar-refractivity contribution in [1.29, 1.82) is 0 Å². The SMILES string of the molecule is CC(C)c1nnc(NC(=O)Cc2csc(-c3ccsc3)n2)s1. The quantitative estimate of drug-likeness (QED) is 0.754. The molecule has 0 aromatic carbocycles. The minimum Gasteiger partial charge on any atom is -0.300 e. The lowest BCUT2D eigenvalue weighted by Crippen LogP contribution is -2.14. The lowest BCUT2D eigenvalue weighted by Gasteiger charge is -1.98. The maximum Gasteiger partial charge on any atom is 0.232 e. The fraction of sp³-hybridized carbons (Fsp3) is 0.286. The molecule has 0 aliphatic carbocycles. The van der Waals surface area contributed by atoms with E-state index >= 15 is 0 Å². The van der Waals surface area contributed by atoms with E-state index in [1.54, 1.807) is 22.7 Å². The largest absolute Gasteiger partial charge is 0.300 e. The molecule has 0 spiro atoms. The Labute approximate surface area is 140 Å². The van der Waals surface area contributed by atoms with E-state index in [2.05, 4.69) is 25.9 Å². The van der Waals surface area contributed by atoms with Gasteiger partial charge in [-0.2, -0.15) is 11.3 Å².